The fraction of sp³-hybridized carbons (Fsp3) is 0.787. The zero-order valence-corrected chi connectivity index (χ0v) is 35.8. The van der Waals surface area contributed by atoms with Crippen LogP contribution in [0.1, 0.15) is 222 Å². The largest absolute Gasteiger partial charge is 0.481 e. The van der Waals surface area contributed by atoms with E-state index in [1.807, 2.05) is 20.2 Å². The molecule has 0 spiro atoms. The molecule has 9 heteroatoms. The van der Waals surface area contributed by atoms with Gasteiger partial charge in [0.2, 0.25) is 0 Å². The van der Waals surface area contributed by atoms with Gasteiger partial charge in [0, 0.05) is 32.2 Å². The van der Waals surface area contributed by atoms with Crippen molar-refractivity contribution in [2.24, 2.45) is 0 Å². The predicted octanol–water partition coefficient (Wildman–Crippen LogP) is 12.5. The maximum absolute atomic E-state index is 12.5. The Morgan fingerprint density at radius 2 is 0.625 bits per heavy atom. The van der Waals surface area contributed by atoms with E-state index >= 15 is 0 Å². The van der Waals surface area contributed by atoms with Crippen LogP contribution in [0.5, 0.6) is 0 Å². The van der Waals surface area contributed by atoms with Crippen molar-refractivity contribution in [1.82, 2.24) is 4.90 Å². The Labute approximate surface area is 341 Å². The van der Waals surface area contributed by atoms with Crippen LogP contribution in [0.3, 0.4) is 0 Å². The summed E-state index contributed by atoms with van der Waals surface area (Å²) in [4.78, 5) is 48.2. The molecule has 0 bridgehead atoms. The quantitative estimate of drug-likeness (QED) is 0.0493. The van der Waals surface area contributed by atoms with Crippen LogP contribution < -0.4 is 0 Å². The molecule has 2 N–H and O–H groups in total. The minimum Gasteiger partial charge on any atom is -0.481 e. The smallest absolute Gasteiger partial charge is 0.306 e. The average Bonchev–Trinajstić information content (AvgIpc) is 3.15. The van der Waals surface area contributed by atoms with Crippen LogP contribution in [0.25, 0.3) is 0 Å². The lowest BCUT2D eigenvalue weighted by atomic mass is 10.0. The summed E-state index contributed by atoms with van der Waals surface area (Å²) in [7, 11) is 4.04. The van der Waals surface area contributed by atoms with Crippen LogP contribution in [0.15, 0.2) is 18.2 Å². The molecule has 322 valence electrons. The lowest BCUT2D eigenvalue weighted by Gasteiger charge is -2.14. The number of nitrogens with zero attached hydrogens (tertiary/aromatic N) is 1. The van der Waals surface area contributed by atoms with Gasteiger partial charge in [-0.2, -0.15) is 0 Å². The summed E-state index contributed by atoms with van der Waals surface area (Å²) in [6, 6.07) is 6.12. The van der Waals surface area contributed by atoms with E-state index in [-0.39, 0.29) is 25.2 Å². The van der Waals surface area contributed by atoms with E-state index in [0.717, 1.165) is 100 Å². The summed E-state index contributed by atoms with van der Waals surface area (Å²) < 4.78 is 11.3. The minimum atomic E-state index is -0.687. The molecule has 56 heavy (non-hydrogen) atoms. The van der Waals surface area contributed by atoms with E-state index in [0.29, 0.717) is 25.7 Å². The molecule has 0 aliphatic rings. The summed E-state index contributed by atoms with van der Waals surface area (Å²) in [5.41, 5.74) is 2.94. The van der Waals surface area contributed by atoms with Gasteiger partial charge in [-0.3, -0.25) is 19.2 Å². The Morgan fingerprint density at radius 1 is 0.393 bits per heavy atom. The molecule has 0 saturated carbocycles. The van der Waals surface area contributed by atoms with Gasteiger partial charge in [-0.1, -0.05) is 166 Å². The summed E-state index contributed by atoms with van der Waals surface area (Å²) in [6.07, 6.45) is 33.7. The minimum absolute atomic E-state index is 0.160. The molecule has 0 amide bonds. The number of ether oxygens (including phenoxy) is 2. The number of hydrogen-bond acceptors (Lipinski definition) is 7. The van der Waals surface area contributed by atoms with E-state index < -0.39 is 11.9 Å². The van der Waals surface area contributed by atoms with Gasteiger partial charge in [-0.05, 0) is 62.5 Å². The molecule has 0 unspecified atom stereocenters. The van der Waals surface area contributed by atoms with Crippen molar-refractivity contribution in [3.05, 3.63) is 34.9 Å². The van der Waals surface area contributed by atoms with Crippen LogP contribution in [-0.4, -0.2) is 53.1 Å². The standard InChI is InChI=1S/C47H81NO8/c1-48(2)38-41-35-42(39-55-46(53)33-29-25-21-17-13-9-5-3-7-11-15-19-23-27-31-44(49)50)37-43(36-41)40-56-47(54)34-30-26-22-18-14-10-6-4-8-12-16-20-24-28-32-45(51)52/h35-37H,3-34,38-40H2,1-2H3,(H,49,50)(H,51,52). The highest BCUT2D eigenvalue weighted by molar-refractivity contribution is 5.69. The third-order valence-electron chi connectivity index (χ3n) is 10.5. The van der Waals surface area contributed by atoms with Crippen molar-refractivity contribution in [2.75, 3.05) is 14.1 Å². The normalized spacial score (nSPS) is 11.3. The molecule has 0 atom stereocenters. The number of carboxylic acid groups (broad SMARTS) is 2. The number of benzene rings is 1. The molecule has 0 fully saturated rings. The third-order valence-corrected chi connectivity index (χ3v) is 10.5. The molecule has 0 aromatic heterocycles. The first-order valence-electron chi connectivity index (χ1n) is 22.7. The summed E-state index contributed by atoms with van der Waals surface area (Å²) in [5, 5.41) is 17.4. The lowest BCUT2D eigenvalue weighted by Crippen LogP contribution is -2.12. The van der Waals surface area contributed by atoms with Crippen LogP contribution in [0.2, 0.25) is 0 Å². The molecule has 1 rings (SSSR count). The number of esters is 2. The number of aliphatic carboxylic acids is 2. The van der Waals surface area contributed by atoms with Gasteiger partial charge in [-0.25, -0.2) is 0 Å². The highest BCUT2D eigenvalue weighted by atomic mass is 16.5. The van der Waals surface area contributed by atoms with Crippen molar-refractivity contribution >= 4 is 23.9 Å². The van der Waals surface area contributed by atoms with E-state index in [2.05, 4.69) is 17.0 Å². The lowest BCUT2D eigenvalue weighted by molar-refractivity contribution is -0.145. The van der Waals surface area contributed by atoms with E-state index in [9.17, 15) is 19.2 Å². The Bertz CT molecular complexity index is 1070. The molecule has 0 aliphatic heterocycles. The molecule has 1 aromatic carbocycles. The first-order chi connectivity index (χ1) is 27.2. The zero-order chi connectivity index (χ0) is 40.9. The zero-order valence-electron chi connectivity index (χ0n) is 35.8. The highest BCUT2D eigenvalue weighted by Gasteiger charge is 2.10. The number of carboxylic acids is 2. The van der Waals surface area contributed by atoms with Gasteiger partial charge >= 0.3 is 23.9 Å². The molecule has 1 aromatic rings. The van der Waals surface area contributed by atoms with Crippen LogP contribution >= 0.6 is 0 Å². The fourth-order valence-corrected chi connectivity index (χ4v) is 7.27. The van der Waals surface area contributed by atoms with Crippen molar-refractivity contribution in [2.45, 2.75) is 225 Å². The summed E-state index contributed by atoms with van der Waals surface area (Å²) >= 11 is 0. The summed E-state index contributed by atoms with van der Waals surface area (Å²) in [5.74, 6) is -1.69. The van der Waals surface area contributed by atoms with E-state index in [1.165, 1.54) is 103 Å². The van der Waals surface area contributed by atoms with Crippen molar-refractivity contribution in [1.29, 1.82) is 0 Å². The topological polar surface area (TPSA) is 130 Å². The molecule has 0 heterocycles. The van der Waals surface area contributed by atoms with Gasteiger partial charge in [0.05, 0.1) is 0 Å². The van der Waals surface area contributed by atoms with Crippen molar-refractivity contribution in [3.63, 3.8) is 0 Å². The highest BCUT2D eigenvalue weighted by Crippen LogP contribution is 2.18. The first kappa shape index (κ1) is 51.1. The van der Waals surface area contributed by atoms with Gasteiger partial charge in [-0.15, -0.1) is 0 Å². The Hall–Kier alpha value is -2.94. The van der Waals surface area contributed by atoms with Gasteiger partial charge in [0.15, 0.2) is 0 Å². The van der Waals surface area contributed by atoms with E-state index in [1.54, 1.807) is 0 Å². The first-order valence-corrected chi connectivity index (χ1v) is 22.7. The molecule has 0 radical (unpaired) electrons. The molecular formula is C47H81NO8. The van der Waals surface area contributed by atoms with Crippen molar-refractivity contribution < 1.29 is 38.9 Å². The third kappa shape index (κ3) is 34.3. The van der Waals surface area contributed by atoms with E-state index in [4.69, 9.17) is 19.7 Å². The Morgan fingerprint density at radius 3 is 0.875 bits per heavy atom. The molecule has 0 aliphatic carbocycles. The molecule has 0 saturated heterocycles. The number of rotatable bonds is 40. The monoisotopic (exact) mass is 788 g/mol. The second-order valence-electron chi connectivity index (χ2n) is 16.4. The molecular weight excluding hydrogens is 707 g/mol. The van der Waals surface area contributed by atoms with Crippen LogP contribution in [0, 0.1) is 0 Å². The maximum atomic E-state index is 12.5. The summed E-state index contributed by atoms with van der Waals surface area (Å²) in [6.45, 7) is 1.20. The van der Waals surface area contributed by atoms with Gasteiger partial charge < -0.3 is 24.6 Å². The van der Waals surface area contributed by atoms with Gasteiger partial charge in [0.1, 0.15) is 13.2 Å². The molecule has 9 nitrogen and oxygen atoms in total. The van der Waals surface area contributed by atoms with Gasteiger partial charge in [0.25, 0.3) is 0 Å². The second-order valence-corrected chi connectivity index (χ2v) is 16.4. The fourth-order valence-electron chi connectivity index (χ4n) is 7.27. The predicted molar refractivity (Wildman–Crippen MR) is 226 cm³/mol. The Kier molecular flexibility index (Phi) is 33.2. The number of hydrogen-bond donors (Lipinski definition) is 2. The maximum Gasteiger partial charge on any atom is 0.306 e. The Balaban J connectivity index is 2.12. The number of carbonyl (C=O) groups excluding carboxylic acids is 2. The van der Waals surface area contributed by atoms with Crippen LogP contribution in [0.4, 0.5) is 0 Å². The second kappa shape index (κ2) is 36.4. The SMILES string of the molecule is CN(C)Cc1cc(COC(=O)CCCCCCCCCCCCCCCCC(=O)O)cc(COC(=O)CCCCCCCCCCCCCCCCC(=O)O)c1. The van der Waals surface area contributed by atoms with Crippen molar-refractivity contribution in [3.8, 4) is 0 Å². The number of carbonyl (C=O) groups is 4. The van der Waals surface area contributed by atoms with Crippen LogP contribution in [-0.2, 0) is 48.4 Å². The number of unbranched alkanes of at least 4 members (excludes halogenated alkanes) is 26. The average molecular weight is 788 g/mol.